The van der Waals surface area contributed by atoms with Crippen molar-refractivity contribution in [2.24, 2.45) is 0 Å². The molecule has 1 aromatic carbocycles. The van der Waals surface area contributed by atoms with Crippen LogP contribution in [0.1, 0.15) is 32.4 Å². The number of nitrogens with zero attached hydrogens (tertiary/aromatic N) is 2. The third kappa shape index (κ3) is 3.56. The minimum Gasteiger partial charge on any atom is -0.387 e. The smallest absolute Gasteiger partial charge is 0.0942 e. The maximum atomic E-state index is 10.5. The summed E-state index contributed by atoms with van der Waals surface area (Å²) in [4.78, 5) is 4.90. The van der Waals surface area contributed by atoms with Crippen LogP contribution in [0.3, 0.4) is 0 Å². The van der Waals surface area contributed by atoms with Gasteiger partial charge in [0.05, 0.1) is 6.10 Å². The molecular formula is C16H26N2O. The van der Waals surface area contributed by atoms with Gasteiger partial charge >= 0.3 is 0 Å². The van der Waals surface area contributed by atoms with Crippen molar-refractivity contribution in [2.45, 2.75) is 39.0 Å². The highest BCUT2D eigenvalue weighted by Gasteiger charge is 2.27. The first-order valence-corrected chi connectivity index (χ1v) is 7.30. The van der Waals surface area contributed by atoms with Crippen molar-refractivity contribution in [1.29, 1.82) is 0 Å². The molecular weight excluding hydrogens is 236 g/mol. The van der Waals surface area contributed by atoms with Crippen LogP contribution < -0.4 is 0 Å². The first-order valence-electron chi connectivity index (χ1n) is 7.30. The van der Waals surface area contributed by atoms with Gasteiger partial charge in [-0.3, -0.25) is 9.80 Å². The van der Waals surface area contributed by atoms with Crippen molar-refractivity contribution in [3.8, 4) is 0 Å². The summed E-state index contributed by atoms with van der Waals surface area (Å²) in [7, 11) is 0. The summed E-state index contributed by atoms with van der Waals surface area (Å²) < 4.78 is 0. The molecule has 0 saturated carbocycles. The zero-order valence-corrected chi connectivity index (χ0v) is 12.3. The summed E-state index contributed by atoms with van der Waals surface area (Å²) in [5.41, 5.74) is 1.02. The Bertz CT molecular complexity index is 372. The Kier molecular flexibility index (Phi) is 4.97. The Morgan fingerprint density at radius 1 is 0.895 bits per heavy atom. The fourth-order valence-corrected chi connectivity index (χ4v) is 2.79. The van der Waals surface area contributed by atoms with Gasteiger partial charge in [0.2, 0.25) is 0 Å². The van der Waals surface area contributed by atoms with Crippen LogP contribution in [0, 0.1) is 0 Å². The van der Waals surface area contributed by atoms with Crippen LogP contribution in [0.5, 0.6) is 0 Å². The second kappa shape index (κ2) is 6.51. The number of aliphatic hydroxyl groups excluding tert-OH is 1. The topological polar surface area (TPSA) is 26.7 Å². The second-order valence-corrected chi connectivity index (χ2v) is 5.76. The quantitative estimate of drug-likeness (QED) is 0.900. The number of benzene rings is 1. The maximum Gasteiger partial charge on any atom is 0.0942 e. The van der Waals surface area contributed by atoms with Crippen molar-refractivity contribution in [2.75, 3.05) is 26.2 Å². The van der Waals surface area contributed by atoms with Gasteiger partial charge in [-0.2, -0.15) is 0 Å². The van der Waals surface area contributed by atoms with E-state index in [4.69, 9.17) is 0 Å². The van der Waals surface area contributed by atoms with Crippen LogP contribution in [-0.2, 0) is 0 Å². The first kappa shape index (κ1) is 14.5. The van der Waals surface area contributed by atoms with Crippen LogP contribution >= 0.6 is 0 Å². The molecule has 1 aliphatic rings. The fraction of sp³-hybridized carbons (Fsp3) is 0.625. The van der Waals surface area contributed by atoms with Crippen molar-refractivity contribution in [1.82, 2.24) is 9.80 Å². The van der Waals surface area contributed by atoms with E-state index in [1.54, 1.807) is 0 Å². The zero-order chi connectivity index (χ0) is 13.8. The molecule has 0 bridgehead atoms. The summed E-state index contributed by atoms with van der Waals surface area (Å²) in [6, 6.07) is 10.8. The van der Waals surface area contributed by atoms with Crippen LogP contribution in [0.25, 0.3) is 0 Å². The van der Waals surface area contributed by atoms with E-state index in [9.17, 15) is 5.11 Å². The molecule has 1 fully saturated rings. The van der Waals surface area contributed by atoms with Gasteiger partial charge in [-0.25, -0.2) is 0 Å². The molecule has 1 aliphatic heterocycles. The zero-order valence-electron chi connectivity index (χ0n) is 12.3. The van der Waals surface area contributed by atoms with E-state index in [0.29, 0.717) is 6.04 Å². The van der Waals surface area contributed by atoms with Crippen LogP contribution in [0.4, 0.5) is 0 Å². The molecule has 1 aromatic rings. The number of hydrogen-bond acceptors (Lipinski definition) is 3. The molecule has 3 nitrogen and oxygen atoms in total. The minimum atomic E-state index is -0.396. The molecule has 2 unspecified atom stereocenters. The Hall–Kier alpha value is -0.900. The van der Waals surface area contributed by atoms with Crippen LogP contribution in [-0.4, -0.2) is 53.2 Å². The lowest BCUT2D eigenvalue weighted by Gasteiger charge is -2.41. The molecule has 1 saturated heterocycles. The number of aliphatic hydroxyl groups is 1. The van der Waals surface area contributed by atoms with Crippen molar-refractivity contribution < 1.29 is 5.11 Å². The summed E-state index contributed by atoms with van der Waals surface area (Å²) in [6.45, 7) is 10.9. The minimum absolute atomic E-state index is 0.178. The molecule has 0 radical (unpaired) electrons. The van der Waals surface area contributed by atoms with Gasteiger partial charge < -0.3 is 5.11 Å². The molecule has 1 N–H and O–H groups in total. The summed E-state index contributed by atoms with van der Waals surface area (Å²) >= 11 is 0. The number of piperazine rings is 1. The van der Waals surface area contributed by atoms with E-state index < -0.39 is 6.10 Å². The molecule has 0 spiro atoms. The van der Waals surface area contributed by atoms with Crippen molar-refractivity contribution >= 4 is 0 Å². The van der Waals surface area contributed by atoms with Gasteiger partial charge in [0.1, 0.15) is 0 Å². The van der Waals surface area contributed by atoms with E-state index in [1.165, 1.54) is 0 Å². The summed E-state index contributed by atoms with van der Waals surface area (Å²) in [5.74, 6) is 0. The van der Waals surface area contributed by atoms with E-state index in [-0.39, 0.29) is 6.04 Å². The molecule has 2 rings (SSSR count). The third-order valence-corrected chi connectivity index (χ3v) is 4.25. The van der Waals surface area contributed by atoms with Gasteiger partial charge in [0, 0.05) is 38.3 Å². The van der Waals surface area contributed by atoms with E-state index in [1.807, 2.05) is 30.3 Å². The molecule has 106 valence electrons. The average Bonchev–Trinajstić information content (AvgIpc) is 2.46. The molecule has 2 atom stereocenters. The van der Waals surface area contributed by atoms with Crippen LogP contribution in [0.2, 0.25) is 0 Å². The van der Waals surface area contributed by atoms with E-state index in [2.05, 4.69) is 30.6 Å². The average molecular weight is 262 g/mol. The normalized spacial score (nSPS) is 21.5. The highest BCUT2D eigenvalue weighted by molar-refractivity contribution is 5.18. The molecule has 0 amide bonds. The van der Waals surface area contributed by atoms with Gasteiger partial charge in [-0.05, 0) is 26.3 Å². The fourth-order valence-electron chi connectivity index (χ4n) is 2.79. The van der Waals surface area contributed by atoms with Gasteiger partial charge in [-0.15, -0.1) is 0 Å². The highest BCUT2D eigenvalue weighted by Crippen LogP contribution is 2.22. The Labute approximate surface area is 116 Å². The van der Waals surface area contributed by atoms with Gasteiger partial charge in [0.25, 0.3) is 0 Å². The predicted molar refractivity (Wildman–Crippen MR) is 79.1 cm³/mol. The molecule has 3 heteroatoms. The monoisotopic (exact) mass is 262 g/mol. The maximum absolute atomic E-state index is 10.5. The highest BCUT2D eigenvalue weighted by atomic mass is 16.3. The molecule has 0 aliphatic carbocycles. The first-order chi connectivity index (χ1) is 9.09. The number of rotatable bonds is 4. The standard InChI is InChI=1S/C16H26N2O/c1-13(2)17-9-11-18(12-10-17)14(3)16(19)15-7-5-4-6-8-15/h4-8,13-14,16,19H,9-12H2,1-3H3. The molecule has 1 heterocycles. The summed E-state index contributed by atoms with van der Waals surface area (Å²) in [5, 5.41) is 10.5. The lowest BCUT2D eigenvalue weighted by molar-refractivity contribution is 0.0194. The SMILES string of the molecule is CC(C)N1CCN(C(C)C(O)c2ccccc2)CC1. The van der Waals surface area contributed by atoms with E-state index in [0.717, 1.165) is 31.7 Å². The molecule has 19 heavy (non-hydrogen) atoms. The summed E-state index contributed by atoms with van der Waals surface area (Å²) in [6.07, 6.45) is -0.396. The van der Waals surface area contributed by atoms with Crippen molar-refractivity contribution in [3.63, 3.8) is 0 Å². The van der Waals surface area contributed by atoms with Crippen molar-refractivity contribution in [3.05, 3.63) is 35.9 Å². The number of hydrogen-bond donors (Lipinski definition) is 1. The van der Waals surface area contributed by atoms with Gasteiger partial charge in [-0.1, -0.05) is 30.3 Å². The Balaban J connectivity index is 1.92. The van der Waals surface area contributed by atoms with Gasteiger partial charge in [0.15, 0.2) is 0 Å². The Morgan fingerprint density at radius 2 is 1.42 bits per heavy atom. The lowest BCUT2D eigenvalue weighted by atomic mass is 10.0. The second-order valence-electron chi connectivity index (χ2n) is 5.76. The molecule has 0 aromatic heterocycles. The predicted octanol–water partition coefficient (Wildman–Crippen LogP) is 2.13. The third-order valence-electron chi connectivity index (χ3n) is 4.25. The largest absolute Gasteiger partial charge is 0.387 e. The van der Waals surface area contributed by atoms with Crippen LogP contribution in [0.15, 0.2) is 30.3 Å². The van der Waals surface area contributed by atoms with E-state index >= 15 is 0 Å². The lowest BCUT2D eigenvalue weighted by Crippen LogP contribution is -2.52. The Morgan fingerprint density at radius 3 is 1.95 bits per heavy atom.